The zero-order valence-electron chi connectivity index (χ0n) is 7.00. The van der Waals surface area contributed by atoms with Gasteiger partial charge < -0.3 is 16.2 Å². The Morgan fingerprint density at radius 3 is 2.45 bits per heavy atom. The summed E-state index contributed by atoms with van der Waals surface area (Å²) in [6, 6.07) is -0.104. The Hall–Kier alpha value is -0.770. The van der Waals surface area contributed by atoms with E-state index in [-0.39, 0.29) is 6.04 Å². The van der Waals surface area contributed by atoms with Crippen molar-refractivity contribution in [1.82, 2.24) is 5.32 Å². The van der Waals surface area contributed by atoms with E-state index in [9.17, 15) is 4.79 Å². The molecule has 11 heavy (non-hydrogen) atoms. The molecule has 4 nitrogen and oxygen atoms in total. The Kier molecular flexibility index (Phi) is 4.61. The predicted octanol–water partition coefficient (Wildman–Crippen LogP) is 0.627. The topological polar surface area (TPSA) is 75.3 Å². The molecule has 0 spiro atoms. The van der Waals surface area contributed by atoms with Crippen molar-refractivity contribution in [1.29, 1.82) is 0 Å². The fraction of sp³-hybridized carbons (Fsp3) is 0.857. The van der Waals surface area contributed by atoms with E-state index in [0.717, 1.165) is 6.42 Å². The highest BCUT2D eigenvalue weighted by atomic mass is 16.4. The molecule has 0 aromatic heterocycles. The van der Waals surface area contributed by atoms with Crippen LogP contribution in [-0.2, 0) is 0 Å². The van der Waals surface area contributed by atoms with Crippen LogP contribution in [0.4, 0.5) is 4.79 Å². The third-order valence-electron chi connectivity index (χ3n) is 1.37. The highest BCUT2D eigenvalue weighted by molar-refractivity contribution is 5.64. The maximum absolute atomic E-state index is 10.2. The van der Waals surface area contributed by atoms with Crippen LogP contribution in [0.15, 0.2) is 0 Å². The summed E-state index contributed by atoms with van der Waals surface area (Å²) in [7, 11) is 0. The molecule has 66 valence electrons. The highest BCUT2D eigenvalue weighted by Crippen LogP contribution is 2.02. The molecule has 0 aliphatic carbocycles. The monoisotopic (exact) mass is 160 g/mol. The maximum Gasteiger partial charge on any atom is 0.404 e. The number of carbonyl (C=O) groups is 1. The van der Waals surface area contributed by atoms with E-state index in [1.807, 2.05) is 13.8 Å². The Balaban J connectivity index is 3.66. The molecule has 0 aliphatic rings. The van der Waals surface area contributed by atoms with Crippen LogP contribution in [0, 0.1) is 5.92 Å². The van der Waals surface area contributed by atoms with Crippen molar-refractivity contribution < 1.29 is 9.90 Å². The molecule has 0 fully saturated rings. The summed E-state index contributed by atoms with van der Waals surface area (Å²) < 4.78 is 0. The van der Waals surface area contributed by atoms with Gasteiger partial charge in [0, 0.05) is 12.6 Å². The quantitative estimate of drug-likeness (QED) is 0.564. The Bertz CT molecular complexity index is 126. The fourth-order valence-corrected chi connectivity index (χ4v) is 0.958. The van der Waals surface area contributed by atoms with E-state index in [2.05, 4.69) is 5.32 Å². The van der Waals surface area contributed by atoms with Crippen molar-refractivity contribution in [2.45, 2.75) is 26.3 Å². The van der Waals surface area contributed by atoms with E-state index in [1.54, 1.807) is 0 Å². The highest BCUT2D eigenvalue weighted by Gasteiger charge is 2.10. The lowest BCUT2D eigenvalue weighted by atomic mass is 10.0. The van der Waals surface area contributed by atoms with Crippen molar-refractivity contribution in [3.8, 4) is 0 Å². The van der Waals surface area contributed by atoms with Crippen LogP contribution in [0.25, 0.3) is 0 Å². The second-order valence-electron chi connectivity index (χ2n) is 3.01. The molecule has 0 aromatic rings. The number of carboxylic acid groups (broad SMARTS) is 1. The molecule has 0 heterocycles. The summed E-state index contributed by atoms with van der Waals surface area (Å²) >= 11 is 0. The van der Waals surface area contributed by atoms with E-state index in [0.29, 0.717) is 12.5 Å². The van der Waals surface area contributed by atoms with Gasteiger partial charge in [0.15, 0.2) is 0 Å². The third kappa shape index (κ3) is 5.66. The van der Waals surface area contributed by atoms with Gasteiger partial charge in [0.1, 0.15) is 0 Å². The fourth-order valence-electron chi connectivity index (χ4n) is 0.958. The van der Waals surface area contributed by atoms with Gasteiger partial charge in [-0.15, -0.1) is 0 Å². The van der Waals surface area contributed by atoms with Gasteiger partial charge in [0.05, 0.1) is 0 Å². The van der Waals surface area contributed by atoms with Crippen LogP contribution in [0.3, 0.4) is 0 Å². The average Bonchev–Trinajstić information content (AvgIpc) is 1.84. The molecule has 0 aliphatic heterocycles. The number of hydrogen-bond acceptors (Lipinski definition) is 2. The Labute approximate surface area is 66.8 Å². The summed E-state index contributed by atoms with van der Waals surface area (Å²) in [5.74, 6) is 0.468. The van der Waals surface area contributed by atoms with Gasteiger partial charge in [-0.1, -0.05) is 13.8 Å². The smallest absolute Gasteiger partial charge is 0.404 e. The van der Waals surface area contributed by atoms with Gasteiger partial charge in [-0.05, 0) is 12.3 Å². The van der Waals surface area contributed by atoms with Gasteiger partial charge in [0.2, 0.25) is 0 Å². The van der Waals surface area contributed by atoms with Crippen molar-refractivity contribution in [3.05, 3.63) is 0 Å². The second-order valence-corrected chi connectivity index (χ2v) is 3.01. The average molecular weight is 160 g/mol. The molecule has 0 saturated heterocycles. The van der Waals surface area contributed by atoms with E-state index in [1.165, 1.54) is 0 Å². The molecular formula is C7H16N2O2. The summed E-state index contributed by atoms with van der Waals surface area (Å²) in [6.45, 7) is 4.43. The first-order valence-corrected chi connectivity index (χ1v) is 3.75. The lowest BCUT2D eigenvalue weighted by Gasteiger charge is -2.16. The molecule has 4 N–H and O–H groups in total. The SMILES string of the molecule is CC(C)C[C@H](CN)NC(=O)O. The van der Waals surface area contributed by atoms with Crippen molar-refractivity contribution >= 4 is 6.09 Å². The molecule has 0 radical (unpaired) electrons. The van der Waals surface area contributed by atoms with E-state index < -0.39 is 6.09 Å². The lowest BCUT2D eigenvalue weighted by Crippen LogP contribution is -2.40. The van der Waals surface area contributed by atoms with Crippen LogP contribution in [-0.4, -0.2) is 23.8 Å². The first kappa shape index (κ1) is 10.2. The Morgan fingerprint density at radius 2 is 2.18 bits per heavy atom. The van der Waals surface area contributed by atoms with Crippen LogP contribution in [0.5, 0.6) is 0 Å². The van der Waals surface area contributed by atoms with Crippen LogP contribution < -0.4 is 11.1 Å². The van der Waals surface area contributed by atoms with Gasteiger partial charge >= 0.3 is 6.09 Å². The Morgan fingerprint density at radius 1 is 1.64 bits per heavy atom. The third-order valence-corrected chi connectivity index (χ3v) is 1.37. The minimum Gasteiger partial charge on any atom is -0.465 e. The first-order valence-electron chi connectivity index (χ1n) is 3.75. The van der Waals surface area contributed by atoms with Crippen LogP contribution in [0.1, 0.15) is 20.3 Å². The zero-order valence-corrected chi connectivity index (χ0v) is 7.00. The first-order chi connectivity index (χ1) is 5.06. The van der Waals surface area contributed by atoms with Gasteiger partial charge in [-0.25, -0.2) is 4.79 Å². The lowest BCUT2D eigenvalue weighted by molar-refractivity contribution is 0.188. The molecule has 1 atom stereocenters. The van der Waals surface area contributed by atoms with Gasteiger partial charge in [-0.2, -0.15) is 0 Å². The number of nitrogens with one attached hydrogen (secondary N) is 1. The van der Waals surface area contributed by atoms with Gasteiger partial charge in [-0.3, -0.25) is 0 Å². The summed E-state index contributed by atoms with van der Waals surface area (Å²) in [6.07, 6.45) is -0.205. The maximum atomic E-state index is 10.2. The van der Waals surface area contributed by atoms with Crippen LogP contribution in [0.2, 0.25) is 0 Å². The molecule has 0 aromatic carbocycles. The van der Waals surface area contributed by atoms with E-state index in [4.69, 9.17) is 10.8 Å². The minimum absolute atomic E-state index is 0.104. The summed E-state index contributed by atoms with van der Waals surface area (Å²) in [4.78, 5) is 10.2. The molecule has 0 bridgehead atoms. The summed E-state index contributed by atoms with van der Waals surface area (Å²) in [5.41, 5.74) is 5.34. The predicted molar refractivity (Wildman–Crippen MR) is 43.5 cm³/mol. The molecule has 4 heteroatoms. The van der Waals surface area contributed by atoms with E-state index >= 15 is 0 Å². The van der Waals surface area contributed by atoms with Gasteiger partial charge in [0.25, 0.3) is 0 Å². The molecule has 0 rings (SSSR count). The molecular weight excluding hydrogens is 144 g/mol. The number of nitrogens with two attached hydrogens (primary N) is 1. The standard InChI is InChI=1S/C7H16N2O2/c1-5(2)3-6(4-8)9-7(10)11/h5-6,9H,3-4,8H2,1-2H3,(H,10,11)/t6-/m1/s1. The van der Waals surface area contributed by atoms with Crippen molar-refractivity contribution in [2.75, 3.05) is 6.54 Å². The minimum atomic E-state index is -0.999. The number of amides is 1. The number of rotatable bonds is 4. The normalized spacial score (nSPS) is 13.1. The summed E-state index contributed by atoms with van der Waals surface area (Å²) in [5, 5.41) is 10.7. The number of hydrogen-bond donors (Lipinski definition) is 3. The van der Waals surface area contributed by atoms with Crippen molar-refractivity contribution in [2.24, 2.45) is 11.7 Å². The largest absolute Gasteiger partial charge is 0.465 e. The molecule has 0 saturated carbocycles. The zero-order chi connectivity index (χ0) is 8.85. The molecule has 1 amide bonds. The van der Waals surface area contributed by atoms with Crippen LogP contribution >= 0.6 is 0 Å². The van der Waals surface area contributed by atoms with Crippen molar-refractivity contribution in [3.63, 3.8) is 0 Å². The molecule has 0 unspecified atom stereocenters. The second kappa shape index (κ2) is 4.96.